The van der Waals surface area contributed by atoms with Crippen LogP contribution in [-0.4, -0.2) is 164 Å². The van der Waals surface area contributed by atoms with Crippen molar-refractivity contribution in [3.05, 3.63) is 24.3 Å². The van der Waals surface area contributed by atoms with Crippen molar-refractivity contribution in [2.24, 2.45) is 11.8 Å². The van der Waals surface area contributed by atoms with Crippen molar-refractivity contribution in [2.75, 3.05) is 33.4 Å². The molecular formula is C54H97NO15SSi2. The third-order valence-corrected chi connectivity index (χ3v) is 25.2. The first kappa shape index (κ1) is 63.8. The summed E-state index contributed by atoms with van der Waals surface area (Å²) in [4.78, 5) is 41.9. The van der Waals surface area contributed by atoms with Gasteiger partial charge in [0.15, 0.2) is 41.4 Å². The van der Waals surface area contributed by atoms with Crippen LogP contribution >= 0.6 is 11.8 Å². The molecule has 17 atom stereocenters. The number of carbonyl (C=O) groups excluding carboxylic acids is 3. The summed E-state index contributed by atoms with van der Waals surface area (Å²) in [5.74, 6) is -1.34. The van der Waals surface area contributed by atoms with E-state index in [1.54, 1.807) is 14.0 Å². The minimum absolute atomic E-state index is 0.0504. The van der Waals surface area contributed by atoms with Gasteiger partial charge < -0.3 is 61.1 Å². The van der Waals surface area contributed by atoms with E-state index in [2.05, 4.69) is 80.7 Å². The van der Waals surface area contributed by atoms with Crippen molar-refractivity contribution in [1.29, 1.82) is 0 Å². The number of thioether (sulfide) groups is 1. The number of rotatable bonds is 16. The number of methoxy groups -OCH3 is 1. The molecule has 0 spiro atoms. The molecule has 2 bridgehead atoms. The van der Waals surface area contributed by atoms with Gasteiger partial charge in [0.05, 0.1) is 48.9 Å². The highest BCUT2D eigenvalue weighted by Crippen LogP contribution is 2.45. The Balaban J connectivity index is 1.87. The zero-order valence-corrected chi connectivity index (χ0v) is 51.3. The van der Waals surface area contributed by atoms with Gasteiger partial charge in [-0.25, -0.2) is 0 Å². The van der Waals surface area contributed by atoms with E-state index < -0.39 is 114 Å². The molecule has 0 N–H and O–H groups in total. The lowest BCUT2D eigenvalue weighted by molar-refractivity contribution is -0.345. The number of nitrogens with zero attached hydrogens (tertiary/aromatic N) is 1. The first-order valence-electron chi connectivity index (χ1n) is 26.6. The second-order valence-corrected chi connectivity index (χ2v) is 34.7. The van der Waals surface area contributed by atoms with E-state index in [1.807, 2.05) is 71.2 Å². The van der Waals surface area contributed by atoms with Gasteiger partial charge in [-0.2, -0.15) is 0 Å². The fourth-order valence-corrected chi connectivity index (χ4v) is 12.7. The number of hydrogen-bond donors (Lipinski definition) is 0. The van der Waals surface area contributed by atoms with Crippen LogP contribution < -0.4 is 0 Å². The quantitative estimate of drug-likeness (QED) is 0.0620. The van der Waals surface area contributed by atoms with Gasteiger partial charge in [0.2, 0.25) is 0 Å². The number of likely N-dealkylation sites (N-methyl/N-ethyl adjacent to an activating group) is 1. The van der Waals surface area contributed by atoms with Gasteiger partial charge in [0.1, 0.15) is 30.2 Å². The first-order valence-corrected chi connectivity index (χ1v) is 33.8. The molecule has 4 aliphatic heterocycles. The standard InChI is InChI=1S/C54H97NO15SSi2/c1-22-41(57)66-50-36(5)62-44(31-54(50,13)60-32-71-17)67-46-35(4)63-51(49(64-37(6)56)45(46)55(14)15)68-47-38-28-33(2)39(69-72(18,19)52(7,8)9)27-25-23-24-26-34(3)61-42(58)30-40(48(47)59-16)65-43(29-38)70-73(20,21)53(10,11)12/h23-25,27,33-36,38-40,43-51H,22,26,28-32H2,1-21H3/b24-23+,27-25+/t33-,34-,35-,36+,38-,39+,40-,43?,44+,45+,46-,47+,48+,49-,50+,51+,54-/m1/s1. The number of ether oxygens (including phenoxy) is 10. The van der Waals surface area contributed by atoms with E-state index in [4.69, 9.17) is 56.2 Å². The topological polar surface area (TPSA) is 165 Å². The van der Waals surface area contributed by atoms with Gasteiger partial charge >= 0.3 is 17.9 Å². The molecule has 73 heavy (non-hydrogen) atoms. The second-order valence-electron chi connectivity index (χ2n) is 24.3. The van der Waals surface area contributed by atoms with Crippen molar-refractivity contribution in [3.8, 4) is 0 Å². The van der Waals surface area contributed by atoms with Crippen LogP contribution in [0.5, 0.6) is 0 Å². The molecule has 19 heteroatoms. The van der Waals surface area contributed by atoms with Gasteiger partial charge in [-0.05, 0) is 103 Å². The van der Waals surface area contributed by atoms with Crippen molar-refractivity contribution < 1.29 is 70.6 Å². The largest absolute Gasteiger partial charge is 0.462 e. The molecule has 0 aromatic rings. The van der Waals surface area contributed by atoms with E-state index >= 15 is 0 Å². The Morgan fingerprint density at radius 2 is 1.48 bits per heavy atom. The molecule has 16 nitrogen and oxygen atoms in total. The molecule has 1 unspecified atom stereocenters. The molecule has 4 heterocycles. The Morgan fingerprint density at radius 1 is 0.836 bits per heavy atom. The monoisotopic (exact) mass is 1090 g/mol. The van der Waals surface area contributed by atoms with Crippen LogP contribution in [0.3, 0.4) is 0 Å². The highest BCUT2D eigenvalue weighted by Gasteiger charge is 2.56. The highest BCUT2D eigenvalue weighted by molar-refractivity contribution is 7.98. The third kappa shape index (κ3) is 17.1. The van der Waals surface area contributed by atoms with Gasteiger partial charge in [-0.15, -0.1) is 11.8 Å². The molecule has 4 aliphatic rings. The first-order chi connectivity index (χ1) is 33.8. The molecule has 3 fully saturated rings. The summed E-state index contributed by atoms with van der Waals surface area (Å²) >= 11 is 1.52. The van der Waals surface area contributed by atoms with E-state index in [9.17, 15) is 14.4 Å². The molecule has 422 valence electrons. The van der Waals surface area contributed by atoms with Gasteiger partial charge in [0.25, 0.3) is 0 Å². The number of hydrogen-bond acceptors (Lipinski definition) is 17. The average Bonchev–Trinajstić information content (AvgIpc) is 3.37. The Labute approximate surface area is 445 Å². The average molecular weight is 1090 g/mol. The number of carbonyl (C=O) groups is 3. The summed E-state index contributed by atoms with van der Waals surface area (Å²) < 4.78 is 80.4. The molecule has 0 saturated carbocycles. The third-order valence-electron chi connectivity index (χ3n) is 15.9. The van der Waals surface area contributed by atoms with Crippen LogP contribution in [0.4, 0.5) is 0 Å². The number of cyclic esters (lactones) is 1. The van der Waals surface area contributed by atoms with Crippen molar-refractivity contribution in [3.63, 3.8) is 0 Å². The maximum Gasteiger partial charge on any atom is 0.308 e. The van der Waals surface area contributed by atoms with Crippen LogP contribution in [0.25, 0.3) is 0 Å². The van der Waals surface area contributed by atoms with Crippen LogP contribution in [0.15, 0.2) is 24.3 Å². The Morgan fingerprint density at radius 3 is 2.05 bits per heavy atom. The van der Waals surface area contributed by atoms with E-state index in [-0.39, 0.29) is 53.2 Å². The smallest absolute Gasteiger partial charge is 0.308 e. The lowest BCUT2D eigenvalue weighted by atomic mass is 9.83. The highest BCUT2D eigenvalue weighted by atomic mass is 32.2. The molecule has 0 amide bonds. The second kappa shape index (κ2) is 26.8. The summed E-state index contributed by atoms with van der Waals surface area (Å²) in [6.07, 6.45) is 2.40. The molecule has 0 aliphatic carbocycles. The van der Waals surface area contributed by atoms with Gasteiger partial charge in [0, 0.05) is 39.7 Å². The maximum absolute atomic E-state index is 14.0. The molecule has 4 rings (SSSR count). The Kier molecular flexibility index (Phi) is 23.4. The lowest BCUT2D eigenvalue weighted by Crippen LogP contribution is -2.66. The van der Waals surface area contributed by atoms with Crippen molar-refractivity contribution in [1.82, 2.24) is 4.90 Å². The zero-order valence-electron chi connectivity index (χ0n) is 48.5. The SMILES string of the molecule is CCC(=O)O[C@H]1[C@H](C)O[C@@H](O[C@H]2[C@H](N(C)C)[C@@H](OC(C)=O)[C@H](O[C@H]3[C@H]4CC(O[Si](C)(C)C(C)(C)C)O[C@H](CC(=O)O[C@H](C)C/C=C/C=C/[C@H](O[Si](C)(C)C(C)(C)C)[C@H](C)C4)[C@@H]3OC)O[C@@H]2C)C[C@@]1(C)OCSC. The summed E-state index contributed by atoms with van der Waals surface area (Å²) in [5, 5.41) is -0.210. The van der Waals surface area contributed by atoms with E-state index in [0.29, 0.717) is 25.2 Å². The molecule has 0 aromatic carbocycles. The minimum atomic E-state index is -2.49. The summed E-state index contributed by atoms with van der Waals surface area (Å²) in [5.41, 5.74) is -0.947. The van der Waals surface area contributed by atoms with Gasteiger partial charge in [-0.1, -0.05) is 79.7 Å². The fraction of sp³-hybridized carbons (Fsp3) is 0.870. The summed E-state index contributed by atoms with van der Waals surface area (Å²) in [7, 11) is 0.611. The lowest BCUT2D eigenvalue weighted by Gasteiger charge is -2.51. The van der Waals surface area contributed by atoms with Crippen LogP contribution in [0, 0.1) is 11.8 Å². The summed E-state index contributed by atoms with van der Waals surface area (Å²) in [6.45, 7) is 35.1. The Bertz CT molecular complexity index is 1840. The van der Waals surface area contributed by atoms with Gasteiger partial charge in [-0.3, -0.25) is 14.4 Å². The van der Waals surface area contributed by atoms with Crippen LogP contribution in [0.2, 0.25) is 36.3 Å². The van der Waals surface area contributed by atoms with E-state index in [1.165, 1.54) is 18.7 Å². The number of fused-ring (bicyclic) bond motifs is 3. The Hall–Kier alpha value is -1.73. The maximum atomic E-state index is 14.0. The van der Waals surface area contributed by atoms with Crippen LogP contribution in [-0.2, 0) is 70.6 Å². The fourth-order valence-electron chi connectivity index (χ4n) is 9.81. The van der Waals surface area contributed by atoms with Crippen LogP contribution in [0.1, 0.15) is 129 Å². The van der Waals surface area contributed by atoms with Crippen molar-refractivity contribution in [2.45, 2.75) is 256 Å². The number of esters is 3. The normalized spacial score (nSPS) is 37.5. The molecule has 0 radical (unpaired) electrons. The van der Waals surface area contributed by atoms with E-state index in [0.717, 1.165) is 0 Å². The number of allylic oxidation sites excluding steroid dienone is 2. The van der Waals surface area contributed by atoms with Crippen molar-refractivity contribution >= 4 is 46.3 Å². The minimum Gasteiger partial charge on any atom is -0.462 e. The summed E-state index contributed by atoms with van der Waals surface area (Å²) in [6, 6.07) is -0.626. The molecule has 3 saturated heterocycles. The zero-order chi connectivity index (χ0) is 55.0. The predicted molar refractivity (Wildman–Crippen MR) is 289 cm³/mol. The predicted octanol–water partition coefficient (Wildman–Crippen LogP) is 9.94. The molecule has 0 aromatic heterocycles. The molecular weight excluding hydrogens is 991 g/mol.